The maximum Gasteiger partial charge on any atom is 0.130 e. The van der Waals surface area contributed by atoms with Gasteiger partial charge in [0.1, 0.15) is 11.6 Å². The van der Waals surface area contributed by atoms with Gasteiger partial charge in [-0.1, -0.05) is 25.8 Å². The van der Waals surface area contributed by atoms with Gasteiger partial charge in [-0.2, -0.15) is 0 Å². The van der Waals surface area contributed by atoms with E-state index in [0.717, 1.165) is 12.8 Å². The van der Waals surface area contributed by atoms with Crippen LogP contribution in [0.2, 0.25) is 0 Å². The Morgan fingerprint density at radius 3 is 2.40 bits per heavy atom. The first-order chi connectivity index (χ1) is 7.20. The minimum Gasteiger partial charge on any atom is -0.271 e. The standard InChI is InChI=1S/C11H16F2N2/c1-2-3-7-10(15-14)11-8(12)5-4-6-9(11)13/h4-6,10,15H,2-3,7,14H2,1H3. The van der Waals surface area contributed by atoms with Crippen LogP contribution in [0, 0.1) is 11.6 Å². The predicted octanol–water partition coefficient (Wildman–Crippen LogP) is 2.66. The highest BCUT2D eigenvalue weighted by molar-refractivity contribution is 5.23. The van der Waals surface area contributed by atoms with Crippen molar-refractivity contribution in [3.8, 4) is 0 Å². The largest absolute Gasteiger partial charge is 0.271 e. The lowest BCUT2D eigenvalue weighted by Crippen LogP contribution is -2.29. The number of nitrogens with one attached hydrogen (secondary N) is 1. The van der Waals surface area contributed by atoms with Gasteiger partial charge in [-0.05, 0) is 18.6 Å². The van der Waals surface area contributed by atoms with Crippen molar-refractivity contribution in [2.24, 2.45) is 5.84 Å². The van der Waals surface area contributed by atoms with E-state index in [0.29, 0.717) is 6.42 Å². The van der Waals surface area contributed by atoms with Crippen LogP contribution in [0.25, 0.3) is 0 Å². The van der Waals surface area contributed by atoms with Crippen LogP contribution in [0.3, 0.4) is 0 Å². The lowest BCUT2D eigenvalue weighted by molar-refractivity contribution is 0.443. The molecule has 0 heterocycles. The van der Waals surface area contributed by atoms with Crippen molar-refractivity contribution in [3.63, 3.8) is 0 Å². The molecule has 0 aliphatic rings. The van der Waals surface area contributed by atoms with E-state index < -0.39 is 17.7 Å². The Morgan fingerprint density at radius 2 is 1.93 bits per heavy atom. The number of hydrogen-bond donors (Lipinski definition) is 2. The number of hydrazine groups is 1. The molecule has 4 heteroatoms. The minimum atomic E-state index is -0.547. The van der Waals surface area contributed by atoms with Crippen molar-refractivity contribution in [2.45, 2.75) is 32.2 Å². The highest BCUT2D eigenvalue weighted by Gasteiger charge is 2.17. The maximum absolute atomic E-state index is 13.4. The lowest BCUT2D eigenvalue weighted by Gasteiger charge is -2.17. The molecule has 0 bridgehead atoms. The Morgan fingerprint density at radius 1 is 1.33 bits per heavy atom. The fourth-order valence-corrected chi connectivity index (χ4v) is 1.56. The summed E-state index contributed by atoms with van der Waals surface area (Å²) in [5, 5.41) is 0. The third-order valence-electron chi connectivity index (χ3n) is 2.40. The van der Waals surface area contributed by atoms with Crippen LogP contribution in [0.5, 0.6) is 0 Å². The molecule has 0 aliphatic carbocycles. The first-order valence-corrected chi connectivity index (χ1v) is 5.10. The van der Waals surface area contributed by atoms with E-state index in [4.69, 9.17) is 5.84 Å². The van der Waals surface area contributed by atoms with Crippen molar-refractivity contribution in [1.82, 2.24) is 5.43 Å². The van der Waals surface area contributed by atoms with E-state index in [1.165, 1.54) is 18.2 Å². The van der Waals surface area contributed by atoms with E-state index in [1.54, 1.807) is 0 Å². The van der Waals surface area contributed by atoms with Gasteiger partial charge in [0, 0.05) is 5.56 Å². The second-order valence-electron chi connectivity index (χ2n) is 3.50. The minimum absolute atomic E-state index is 0.0356. The van der Waals surface area contributed by atoms with Crippen LogP contribution < -0.4 is 11.3 Å². The molecule has 0 spiro atoms. The highest BCUT2D eigenvalue weighted by atomic mass is 19.1. The zero-order valence-electron chi connectivity index (χ0n) is 8.76. The van der Waals surface area contributed by atoms with Gasteiger partial charge in [0.25, 0.3) is 0 Å². The molecule has 1 aromatic rings. The molecule has 1 unspecified atom stereocenters. The molecular formula is C11H16F2N2. The summed E-state index contributed by atoms with van der Waals surface area (Å²) in [5.74, 6) is 4.21. The molecular weight excluding hydrogens is 198 g/mol. The van der Waals surface area contributed by atoms with Crippen LogP contribution >= 0.6 is 0 Å². The number of nitrogens with two attached hydrogens (primary N) is 1. The first kappa shape index (κ1) is 12.1. The van der Waals surface area contributed by atoms with Crippen molar-refractivity contribution in [1.29, 1.82) is 0 Å². The Hall–Kier alpha value is -1.00. The van der Waals surface area contributed by atoms with Crippen LogP contribution in [0.15, 0.2) is 18.2 Å². The molecule has 0 radical (unpaired) electrons. The zero-order valence-corrected chi connectivity index (χ0v) is 8.76. The average Bonchev–Trinajstić information content (AvgIpc) is 2.22. The van der Waals surface area contributed by atoms with Crippen molar-refractivity contribution in [2.75, 3.05) is 0 Å². The monoisotopic (exact) mass is 214 g/mol. The van der Waals surface area contributed by atoms with Gasteiger partial charge in [-0.25, -0.2) is 8.78 Å². The lowest BCUT2D eigenvalue weighted by atomic mass is 10.0. The molecule has 3 N–H and O–H groups in total. The van der Waals surface area contributed by atoms with Gasteiger partial charge >= 0.3 is 0 Å². The average molecular weight is 214 g/mol. The second kappa shape index (κ2) is 5.78. The topological polar surface area (TPSA) is 38.0 Å². The number of halogens is 2. The molecule has 0 saturated carbocycles. The number of rotatable bonds is 5. The van der Waals surface area contributed by atoms with Gasteiger partial charge in [-0.3, -0.25) is 11.3 Å². The smallest absolute Gasteiger partial charge is 0.130 e. The van der Waals surface area contributed by atoms with Crippen LogP contribution in [0.1, 0.15) is 37.8 Å². The van der Waals surface area contributed by atoms with Gasteiger partial charge in [0.05, 0.1) is 6.04 Å². The second-order valence-corrected chi connectivity index (χ2v) is 3.50. The molecule has 1 atom stereocenters. The van der Waals surface area contributed by atoms with E-state index in [2.05, 4.69) is 5.43 Å². The maximum atomic E-state index is 13.4. The summed E-state index contributed by atoms with van der Waals surface area (Å²) >= 11 is 0. The highest BCUT2D eigenvalue weighted by Crippen LogP contribution is 2.24. The molecule has 84 valence electrons. The third kappa shape index (κ3) is 2.97. The Labute approximate surface area is 88.4 Å². The summed E-state index contributed by atoms with van der Waals surface area (Å²) in [4.78, 5) is 0. The number of unbranched alkanes of at least 4 members (excludes halogenated alkanes) is 1. The molecule has 1 aromatic carbocycles. The van der Waals surface area contributed by atoms with E-state index >= 15 is 0 Å². The Balaban J connectivity index is 2.90. The molecule has 2 nitrogen and oxygen atoms in total. The molecule has 1 rings (SSSR count). The molecule has 0 fully saturated rings. The molecule has 0 amide bonds. The normalized spacial score (nSPS) is 12.8. The van der Waals surface area contributed by atoms with Crippen molar-refractivity contribution < 1.29 is 8.78 Å². The summed E-state index contributed by atoms with van der Waals surface area (Å²) in [6, 6.07) is 3.39. The molecule has 0 aliphatic heterocycles. The fraction of sp³-hybridized carbons (Fsp3) is 0.455. The van der Waals surface area contributed by atoms with Gasteiger partial charge in [0.15, 0.2) is 0 Å². The SMILES string of the molecule is CCCCC(NN)c1c(F)cccc1F. The first-order valence-electron chi connectivity index (χ1n) is 5.10. The summed E-state index contributed by atoms with van der Waals surface area (Å²) in [5.41, 5.74) is 2.49. The zero-order chi connectivity index (χ0) is 11.3. The number of hydrogen-bond acceptors (Lipinski definition) is 2. The van der Waals surface area contributed by atoms with Crippen molar-refractivity contribution in [3.05, 3.63) is 35.4 Å². The van der Waals surface area contributed by atoms with Crippen LogP contribution in [-0.4, -0.2) is 0 Å². The summed E-state index contributed by atoms with van der Waals surface area (Å²) in [6.45, 7) is 2.02. The predicted molar refractivity (Wildman–Crippen MR) is 55.9 cm³/mol. The fourth-order valence-electron chi connectivity index (χ4n) is 1.56. The van der Waals surface area contributed by atoms with Gasteiger partial charge in [0.2, 0.25) is 0 Å². The van der Waals surface area contributed by atoms with Crippen LogP contribution in [0.4, 0.5) is 8.78 Å². The van der Waals surface area contributed by atoms with Gasteiger partial charge < -0.3 is 0 Å². The van der Waals surface area contributed by atoms with Crippen molar-refractivity contribution >= 4 is 0 Å². The Kier molecular flexibility index (Phi) is 4.65. The quantitative estimate of drug-likeness (QED) is 0.584. The van der Waals surface area contributed by atoms with E-state index in [1.807, 2.05) is 6.92 Å². The summed E-state index contributed by atoms with van der Waals surface area (Å²) < 4.78 is 26.8. The Bertz CT molecular complexity index is 295. The van der Waals surface area contributed by atoms with Crippen LogP contribution in [-0.2, 0) is 0 Å². The third-order valence-corrected chi connectivity index (χ3v) is 2.40. The molecule has 0 aromatic heterocycles. The van der Waals surface area contributed by atoms with E-state index in [-0.39, 0.29) is 5.56 Å². The molecule has 0 saturated heterocycles. The van der Waals surface area contributed by atoms with Gasteiger partial charge in [-0.15, -0.1) is 0 Å². The summed E-state index contributed by atoms with van der Waals surface area (Å²) in [7, 11) is 0. The number of benzene rings is 1. The summed E-state index contributed by atoms with van der Waals surface area (Å²) in [6.07, 6.45) is 2.47. The molecule has 15 heavy (non-hydrogen) atoms. The van der Waals surface area contributed by atoms with E-state index in [9.17, 15) is 8.78 Å².